The molecule has 37 heavy (non-hydrogen) atoms. The minimum Gasteiger partial charge on any atom is -0.493 e. The molecule has 0 heterocycles. The first-order valence-corrected chi connectivity index (χ1v) is 13.2. The third kappa shape index (κ3) is 6.74. The summed E-state index contributed by atoms with van der Waals surface area (Å²) in [5.41, 5.74) is 1.73. The van der Waals surface area contributed by atoms with E-state index in [2.05, 4.69) is 4.67 Å². The highest BCUT2D eigenvalue weighted by molar-refractivity contribution is 7.46. The zero-order valence-corrected chi connectivity index (χ0v) is 22.7. The molecule has 2 aromatic rings. The van der Waals surface area contributed by atoms with Crippen LogP contribution < -0.4 is 24.0 Å². The topological polar surface area (TPSA) is 133 Å². The molecule has 0 aromatic heterocycles. The molecular weight excluding hydrogens is 505 g/mol. The van der Waals surface area contributed by atoms with Crippen LogP contribution in [-0.2, 0) is 14.0 Å². The first-order valence-electron chi connectivity index (χ1n) is 11.6. The second-order valence-electron chi connectivity index (χ2n) is 8.93. The Morgan fingerprint density at radius 1 is 0.946 bits per heavy atom. The van der Waals surface area contributed by atoms with E-state index in [9.17, 15) is 9.36 Å². The zero-order valence-electron chi connectivity index (χ0n) is 21.8. The molecule has 2 N–H and O–H groups in total. The van der Waals surface area contributed by atoms with E-state index >= 15 is 0 Å². The largest absolute Gasteiger partial charge is 0.505 e. The first kappa shape index (κ1) is 28.7. The molecule has 0 aliphatic heterocycles. The number of methoxy groups -OCH3 is 4. The lowest BCUT2D eigenvalue weighted by atomic mass is 9.71. The fourth-order valence-corrected chi connectivity index (χ4v) is 4.94. The Morgan fingerprint density at radius 3 is 2.11 bits per heavy atom. The quantitative estimate of drug-likeness (QED) is 0.186. The van der Waals surface area contributed by atoms with Crippen molar-refractivity contribution in [3.8, 4) is 23.0 Å². The van der Waals surface area contributed by atoms with Gasteiger partial charge in [-0.3, -0.25) is 4.79 Å². The van der Waals surface area contributed by atoms with Crippen molar-refractivity contribution >= 4 is 19.3 Å². The van der Waals surface area contributed by atoms with Crippen LogP contribution in [0.25, 0.3) is 0 Å². The standard InChI is InChI=1S/C25H34NO10P/c1-26(2)20-10-7-15(11-21(20)35-36-37(28,29)30)18-9-8-17(31-3)14-19(18)24(27)16-12-22(32-4)25(34-6)23(13-16)33-5/h7,10-13,17-19H,8-9,14H2,1-6H3,(H2,28,29,30). The fourth-order valence-electron chi connectivity index (χ4n) is 4.76. The van der Waals surface area contributed by atoms with Crippen molar-refractivity contribution in [1.29, 1.82) is 0 Å². The van der Waals surface area contributed by atoms with Crippen molar-refractivity contribution in [3.63, 3.8) is 0 Å². The monoisotopic (exact) mass is 539 g/mol. The smallest absolute Gasteiger partial charge is 0.493 e. The van der Waals surface area contributed by atoms with Gasteiger partial charge in [-0.25, -0.2) is 4.57 Å². The van der Waals surface area contributed by atoms with Crippen LogP contribution >= 0.6 is 7.82 Å². The molecule has 3 rings (SSSR count). The van der Waals surface area contributed by atoms with E-state index in [1.807, 2.05) is 6.07 Å². The molecule has 3 unspecified atom stereocenters. The number of carbonyl (C=O) groups excluding carboxylic acids is 1. The van der Waals surface area contributed by atoms with E-state index in [0.29, 0.717) is 41.3 Å². The van der Waals surface area contributed by atoms with Gasteiger partial charge in [0.1, 0.15) is 0 Å². The second kappa shape index (κ2) is 12.1. The van der Waals surface area contributed by atoms with Gasteiger partial charge in [-0.05, 0) is 55.0 Å². The van der Waals surface area contributed by atoms with Crippen LogP contribution in [0.15, 0.2) is 30.3 Å². The number of benzene rings is 2. The molecule has 1 aliphatic carbocycles. The third-order valence-corrected chi connectivity index (χ3v) is 6.81. The molecule has 12 heteroatoms. The van der Waals surface area contributed by atoms with Crippen LogP contribution in [0.3, 0.4) is 0 Å². The molecule has 1 saturated carbocycles. The number of anilines is 1. The van der Waals surface area contributed by atoms with Crippen molar-refractivity contribution in [2.24, 2.45) is 5.92 Å². The molecule has 3 atom stereocenters. The molecule has 204 valence electrons. The average Bonchev–Trinajstić information content (AvgIpc) is 2.89. The molecule has 11 nitrogen and oxygen atoms in total. The highest BCUT2D eigenvalue weighted by atomic mass is 31.2. The molecule has 2 aromatic carbocycles. The lowest BCUT2D eigenvalue weighted by molar-refractivity contribution is -0.122. The average molecular weight is 540 g/mol. The van der Waals surface area contributed by atoms with Gasteiger partial charge in [-0.2, -0.15) is 0 Å². The van der Waals surface area contributed by atoms with Gasteiger partial charge >= 0.3 is 7.82 Å². The summed E-state index contributed by atoms with van der Waals surface area (Å²) >= 11 is 0. The Balaban J connectivity index is 2.03. The van der Waals surface area contributed by atoms with Gasteiger partial charge in [-0.1, -0.05) is 10.7 Å². The van der Waals surface area contributed by atoms with Crippen LogP contribution in [0.4, 0.5) is 5.69 Å². The predicted octanol–water partition coefficient (Wildman–Crippen LogP) is 3.96. The van der Waals surface area contributed by atoms with Crippen molar-refractivity contribution in [3.05, 3.63) is 41.5 Å². The summed E-state index contributed by atoms with van der Waals surface area (Å²) in [5.74, 6) is 0.481. The van der Waals surface area contributed by atoms with Crippen LogP contribution in [0, 0.1) is 5.92 Å². The second-order valence-corrected chi connectivity index (χ2v) is 10.1. The highest BCUT2D eigenvalue weighted by Gasteiger charge is 2.38. The summed E-state index contributed by atoms with van der Waals surface area (Å²) < 4.78 is 37.4. The molecule has 0 bridgehead atoms. The van der Waals surface area contributed by atoms with Crippen molar-refractivity contribution < 1.29 is 47.7 Å². The van der Waals surface area contributed by atoms with Crippen molar-refractivity contribution in [2.45, 2.75) is 31.3 Å². The molecule has 0 spiro atoms. The minimum absolute atomic E-state index is 0.0954. The van der Waals surface area contributed by atoms with Gasteiger partial charge in [0, 0.05) is 32.7 Å². The predicted molar refractivity (Wildman–Crippen MR) is 136 cm³/mol. The lowest BCUT2D eigenvalue weighted by Gasteiger charge is -2.35. The van der Waals surface area contributed by atoms with Gasteiger partial charge in [0.15, 0.2) is 23.0 Å². The number of ether oxygens (including phenoxy) is 4. The Hall–Kier alpha value is -2.82. The molecular formula is C25H34NO10P. The third-order valence-electron chi connectivity index (χ3n) is 6.54. The van der Waals surface area contributed by atoms with Crippen LogP contribution in [0.2, 0.25) is 0 Å². The minimum atomic E-state index is -4.88. The zero-order chi connectivity index (χ0) is 27.3. The molecule has 0 saturated heterocycles. The summed E-state index contributed by atoms with van der Waals surface area (Å²) in [6.45, 7) is 0. The summed E-state index contributed by atoms with van der Waals surface area (Å²) in [4.78, 5) is 38.9. The molecule has 0 amide bonds. The van der Waals surface area contributed by atoms with Crippen LogP contribution in [0.1, 0.15) is 41.1 Å². The summed E-state index contributed by atoms with van der Waals surface area (Å²) in [6.07, 6.45) is 1.79. The Bertz CT molecular complexity index is 1120. The summed E-state index contributed by atoms with van der Waals surface area (Å²) in [5, 5.41) is 0. The van der Waals surface area contributed by atoms with Crippen LogP contribution in [0.5, 0.6) is 23.0 Å². The lowest BCUT2D eigenvalue weighted by Crippen LogP contribution is -2.33. The summed E-state index contributed by atoms with van der Waals surface area (Å²) in [7, 11) is 4.75. The van der Waals surface area contributed by atoms with E-state index in [1.165, 1.54) is 21.3 Å². The van der Waals surface area contributed by atoms with Gasteiger partial charge in [-0.15, -0.1) is 0 Å². The number of nitrogens with zero attached hydrogens (tertiary/aromatic N) is 1. The van der Waals surface area contributed by atoms with Gasteiger partial charge in [0.2, 0.25) is 5.75 Å². The van der Waals surface area contributed by atoms with Gasteiger partial charge in [0.25, 0.3) is 0 Å². The van der Waals surface area contributed by atoms with Crippen LogP contribution in [-0.4, -0.2) is 64.2 Å². The van der Waals surface area contributed by atoms with E-state index in [1.54, 1.807) is 50.4 Å². The maximum Gasteiger partial charge on any atom is 0.505 e. The number of phosphoric acid groups is 1. The molecule has 1 fully saturated rings. The van der Waals surface area contributed by atoms with Crippen molar-refractivity contribution in [2.75, 3.05) is 47.4 Å². The Kier molecular flexibility index (Phi) is 9.44. The number of hydrogen-bond donors (Lipinski definition) is 2. The van der Waals surface area contributed by atoms with E-state index in [0.717, 1.165) is 12.0 Å². The maximum atomic E-state index is 13.9. The molecule has 0 radical (unpaired) electrons. The maximum absolute atomic E-state index is 13.9. The number of rotatable bonds is 11. The fraction of sp³-hybridized carbons (Fsp3) is 0.480. The highest BCUT2D eigenvalue weighted by Crippen LogP contribution is 2.46. The summed E-state index contributed by atoms with van der Waals surface area (Å²) in [6, 6.07) is 8.56. The SMILES string of the molecule is COc1cc(C(=O)C2CC(OC)CCC2c2ccc(N(C)C)c(OOP(=O)(O)O)c2)cc(OC)c1OC. The molecule has 1 aliphatic rings. The van der Waals surface area contributed by atoms with E-state index in [4.69, 9.17) is 33.6 Å². The Labute approximate surface area is 216 Å². The van der Waals surface area contributed by atoms with E-state index < -0.39 is 13.7 Å². The Morgan fingerprint density at radius 2 is 1.59 bits per heavy atom. The number of Topliss-reactive ketones (excluding diaryl/α,β-unsaturated/α-hetero) is 1. The first-order chi connectivity index (χ1) is 17.5. The van der Waals surface area contributed by atoms with Gasteiger partial charge < -0.3 is 38.5 Å². The normalized spacial score (nSPS) is 19.7. The van der Waals surface area contributed by atoms with Crippen molar-refractivity contribution in [1.82, 2.24) is 0 Å². The number of ketones is 1. The van der Waals surface area contributed by atoms with E-state index in [-0.39, 0.29) is 23.6 Å². The van der Waals surface area contributed by atoms with Gasteiger partial charge in [0.05, 0.1) is 33.1 Å². The number of carbonyl (C=O) groups is 1. The number of hydrogen-bond acceptors (Lipinski definition) is 9.